The number of unbranched alkanes of at least 4 members (excludes halogenated alkanes) is 5. The Balaban J connectivity index is 2.11. The first-order chi connectivity index (χ1) is 9.27. The van der Waals surface area contributed by atoms with Crippen molar-refractivity contribution in [2.24, 2.45) is 5.92 Å². The maximum absolute atomic E-state index is 11.7. The molecule has 0 spiro atoms. The fraction of sp³-hybridized carbons (Fsp3) is 0.938. The van der Waals surface area contributed by atoms with Gasteiger partial charge in [-0.05, 0) is 39.3 Å². The summed E-state index contributed by atoms with van der Waals surface area (Å²) < 4.78 is 5.13. The number of carbonyl (C=O) groups excluding carboxylic acids is 1. The second kappa shape index (κ2) is 10.2. The van der Waals surface area contributed by atoms with Gasteiger partial charge in [0.25, 0.3) is 0 Å². The molecule has 0 aromatic rings. The molecule has 1 rings (SSSR count). The fourth-order valence-electron chi connectivity index (χ4n) is 2.83. The van der Waals surface area contributed by atoms with Crippen LogP contribution in [-0.2, 0) is 9.53 Å². The van der Waals surface area contributed by atoms with Crippen molar-refractivity contribution in [3.8, 4) is 0 Å². The molecule has 0 saturated carbocycles. The Morgan fingerprint density at radius 1 is 1.16 bits per heavy atom. The first-order valence-corrected chi connectivity index (χ1v) is 8.16. The minimum Gasteiger partial charge on any atom is -0.466 e. The lowest BCUT2D eigenvalue weighted by Gasteiger charge is -2.31. The molecule has 0 aromatic heterocycles. The van der Waals surface area contributed by atoms with Gasteiger partial charge in [0.05, 0.1) is 12.5 Å². The molecule has 19 heavy (non-hydrogen) atoms. The second-order valence-electron chi connectivity index (χ2n) is 5.66. The first-order valence-electron chi connectivity index (χ1n) is 8.16. The highest BCUT2D eigenvalue weighted by Gasteiger charge is 2.26. The number of ether oxygens (including phenoxy) is 1. The molecule has 1 aliphatic heterocycles. The first kappa shape index (κ1) is 16.5. The summed E-state index contributed by atoms with van der Waals surface area (Å²) in [5.74, 6) is 0.129. The Morgan fingerprint density at radius 2 is 1.89 bits per heavy atom. The molecule has 1 atom stereocenters. The van der Waals surface area contributed by atoms with Crippen molar-refractivity contribution in [2.75, 3.05) is 26.2 Å². The highest BCUT2D eigenvalue weighted by atomic mass is 16.5. The summed E-state index contributed by atoms with van der Waals surface area (Å²) in [6, 6.07) is 0. The molecule has 0 unspecified atom stereocenters. The molecule has 0 amide bonds. The summed E-state index contributed by atoms with van der Waals surface area (Å²) in [7, 11) is 0. The van der Waals surface area contributed by atoms with Gasteiger partial charge in [0.15, 0.2) is 0 Å². The number of likely N-dealkylation sites (tertiary alicyclic amines) is 1. The molecular formula is C16H31NO2. The number of nitrogens with zero attached hydrogens (tertiary/aromatic N) is 1. The van der Waals surface area contributed by atoms with Gasteiger partial charge in [-0.1, -0.05) is 39.0 Å². The summed E-state index contributed by atoms with van der Waals surface area (Å²) in [6.45, 7) is 7.87. The molecule has 3 nitrogen and oxygen atoms in total. The SMILES string of the molecule is CCCCCCCCN1CCC[C@@H](C(=O)OCC)C1. The van der Waals surface area contributed by atoms with Crippen molar-refractivity contribution in [2.45, 2.75) is 65.2 Å². The van der Waals surface area contributed by atoms with Gasteiger partial charge in [-0.3, -0.25) is 4.79 Å². The lowest BCUT2D eigenvalue weighted by Crippen LogP contribution is -2.39. The van der Waals surface area contributed by atoms with Crippen LogP contribution in [0.4, 0.5) is 0 Å². The van der Waals surface area contributed by atoms with Crippen molar-refractivity contribution in [3.63, 3.8) is 0 Å². The minimum absolute atomic E-state index is 0.00939. The van der Waals surface area contributed by atoms with Crippen LogP contribution in [0.25, 0.3) is 0 Å². The van der Waals surface area contributed by atoms with Gasteiger partial charge < -0.3 is 9.64 Å². The number of rotatable bonds is 9. The number of carbonyl (C=O) groups is 1. The van der Waals surface area contributed by atoms with Gasteiger partial charge in [-0.15, -0.1) is 0 Å². The van der Waals surface area contributed by atoms with Crippen LogP contribution in [0.3, 0.4) is 0 Å². The van der Waals surface area contributed by atoms with Crippen LogP contribution < -0.4 is 0 Å². The van der Waals surface area contributed by atoms with E-state index in [1.165, 1.54) is 38.5 Å². The summed E-state index contributed by atoms with van der Waals surface area (Å²) in [5, 5.41) is 0. The van der Waals surface area contributed by atoms with Crippen LogP contribution >= 0.6 is 0 Å². The Kier molecular flexibility index (Phi) is 8.89. The smallest absolute Gasteiger partial charge is 0.310 e. The van der Waals surface area contributed by atoms with Crippen molar-refractivity contribution in [3.05, 3.63) is 0 Å². The van der Waals surface area contributed by atoms with E-state index in [1.807, 2.05) is 6.92 Å². The van der Waals surface area contributed by atoms with E-state index < -0.39 is 0 Å². The van der Waals surface area contributed by atoms with Gasteiger partial charge in [0.2, 0.25) is 0 Å². The fourth-order valence-corrected chi connectivity index (χ4v) is 2.83. The molecule has 0 aromatic carbocycles. The van der Waals surface area contributed by atoms with E-state index in [-0.39, 0.29) is 11.9 Å². The molecule has 1 aliphatic rings. The molecule has 1 saturated heterocycles. The van der Waals surface area contributed by atoms with E-state index in [4.69, 9.17) is 4.74 Å². The topological polar surface area (TPSA) is 29.5 Å². The summed E-state index contributed by atoms with van der Waals surface area (Å²) in [5.41, 5.74) is 0. The Hall–Kier alpha value is -0.570. The molecule has 0 N–H and O–H groups in total. The van der Waals surface area contributed by atoms with Crippen LogP contribution in [0.5, 0.6) is 0 Å². The monoisotopic (exact) mass is 269 g/mol. The average Bonchev–Trinajstić information content (AvgIpc) is 2.43. The highest BCUT2D eigenvalue weighted by molar-refractivity contribution is 5.72. The number of hydrogen-bond donors (Lipinski definition) is 0. The third-order valence-electron chi connectivity index (χ3n) is 3.95. The molecule has 1 heterocycles. The molecule has 112 valence electrons. The van der Waals surface area contributed by atoms with Crippen LogP contribution in [0.15, 0.2) is 0 Å². The zero-order valence-electron chi connectivity index (χ0n) is 12.8. The van der Waals surface area contributed by atoms with Crippen molar-refractivity contribution >= 4 is 5.97 Å². The van der Waals surface area contributed by atoms with Crippen molar-refractivity contribution in [1.29, 1.82) is 0 Å². The van der Waals surface area contributed by atoms with Gasteiger partial charge >= 0.3 is 5.97 Å². The van der Waals surface area contributed by atoms with Gasteiger partial charge in [0.1, 0.15) is 0 Å². The zero-order valence-corrected chi connectivity index (χ0v) is 12.8. The minimum atomic E-state index is 0.00939. The summed E-state index contributed by atoms with van der Waals surface area (Å²) >= 11 is 0. The molecule has 0 aliphatic carbocycles. The number of piperidine rings is 1. The summed E-state index contributed by atoms with van der Waals surface area (Å²) in [6.07, 6.45) is 10.2. The van der Waals surface area contributed by atoms with Gasteiger partial charge in [0, 0.05) is 6.54 Å². The largest absolute Gasteiger partial charge is 0.466 e. The number of hydrogen-bond acceptors (Lipinski definition) is 3. The maximum Gasteiger partial charge on any atom is 0.310 e. The highest BCUT2D eigenvalue weighted by Crippen LogP contribution is 2.18. The van der Waals surface area contributed by atoms with E-state index in [1.54, 1.807) is 0 Å². The van der Waals surface area contributed by atoms with E-state index in [9.17, 15) is 4.79 Å². The molecule has 0 radical (unpaired) electrons. The predicted octanol–water partition coefficient (Wildman–Crippen LogP) is 3.62. The lowest BCUT2D eigenvalue weighted by atomic mass is 9.98. The van der Waals surface area contributed by atoms with Crippen LogP contribution in [-0.4, -0.2) is 37.1 Å². The normalized spacial score (nSPS) is 20.4. The summed E-state index contributed by atoms with van der Waals surface area (Å²) in [4.78, 5) is 14.2. The average molecular weight is 269 g/mol. The van der Waals surface area contributed by atoms with E-state index >= 15 is 0 Å². The van der Waals surface area contributed by atoms with Crippen LogP contribution in [0, 0.1) is 5.92 Å². The van der Waals surface area contributed by atoms with Crippen LogP contribution in [0.1, 0.15) is 65.2 Å². The Morgan fingerprint density at radius 3 is 2.63 bits per heavy atom. The molecule has 1 fully saturated rings. The zero-order chi connectivity index (χ0) is 13.9. The molecule has 0 bridgehead atoms. The third kappa shape index (κ3) is 6.95. The second-order valence-corrected chi connectivity index (χ2v) is 5.66. The van der Waals surface area contributed by atoms with E-state index in [0.29, 0.717) is 6.61 Å². The van der Waals surface area contributed by atoms with Crippen LogP contribution in [0.2, 0.25) is 0 Å². The van der Waals surface area contributed by atoms with E-state index in [0.717, 1.165) is 32.5 Å². The standard InChI is InChI=1S/C16H31NO2/c1-3-5-6-7-8-9-12-17-13-10-11-15(14-17)16(18)19-4-2/h15H,3-14H2,1-2H3/t15-/m1/s1. The maximum atomic E-state index is 11.7. The van der Waals surface area contributed by atoms with Crippen molar-refractivity contribution in [1.82, 2.24) is 4.90 Å². The molecule has 3 heteroatoms. The quantitative estimate of drug-likeness (QED) is 0.473. The van der Waals surface area contributed by atoms with Gasteiger partial charge in [-0.25, -0.2) is 0 Å². The van der Waals surface area contributed by atoms with Crippen molar-refractivity contribution < 1.29 is 9.53 Å². The predicted molar refractivity (Wildman–Crippen MR) is 79.2 cm³/mol. The van der Waals surface area contributed by atoms with Gasteiger partial charge in [-0.2, -0.15) is 0 Å². The third-order valence-corrected chi connectivity index (χ3v) is 3.95. The number of esters is 1. The molecular weight excluding hydrogens is 238 g/mol. The lowest BCUT2D eigenvalue weighted by molar-refractivity contribution is -0.149. The Labute approximate surface area is 118 Å². The van der Waals surface area contributed by atoms with E-state index in [2.05, 4.69) is 11.8 Å². The Bertz CT molecular complexity index is 243.